The van der Waals surface area contributed by atoms with Crippen LogP contribution in [-0.2, 0) is 12.2 Å². The number of carbonyl (C=O) groups excluding carboxylic acids is 1. The summed E-state index contributed by atoms with van der Waals surface area (Å²) in [6, 6.07) is 13.4. The van der Waals surface area contributed by atoms with Crippen molar-refractivity contribution >= 4 is 17.7 Å². The average molecular weight is 428 g/mol. The second kappa shape index (κ2) is 10.2. The molecule has 0 aliphatic heterocycles. The molecule has 1 aromatic heterocycles. The van der Waals surface area contributed by atoms with E-state index in [0.717, 1.165) is 16.9 Å². The molecule has 0 atom stereocenters. The lowest BCUT2D eigenvalue weighted by molar-refractivity contribution is 0.0796. The zero-order valence-corrected chi connectivity index (χ0v) is 18.4. The lowest BCUT2D eigenvalue weighted by atomic mass is 10.1. The standard InChI is InChI=1S/C22H25N3O4S/c1-15-23-21(29-24-15)14-30-18-8-6-17(7-9-18)22(26)25(2)12-11-16-5-10-19(27-3)20(13-16)28-4/h5-10,13H,11-12,14H2,1-4H3. The number of hydrogen-bond acceptors (Lipinski definition) is 7. The molecule has 0 radical (unpaired) electrons. The highest BCUT2D eigenvalue weighted by atomic mass is 32.2. The monoisotopic (exact) mass is 427 g/mol. The maximum Gasteiger partial charge on any atom is 0.253 e. The van der Waals surface area contributed by atoms with E-state index in [1.54, 1.807) is 37.8 Å². The largest absolute Gasteiger partial charge is 0.493 e. The molecule has 30 heavy (non-hydrogen) atoms. The van der Waals surface area contributed by atoms with Crippen molar-refractivity contribution in [3.8, 4) is 11.5 Å². The van der Waals surface area contributed by atoms with Crippen LogP contribution in [0, 0.1) is 6.92 Å². The molecule has 0 saturated heterocycles. The molecule has 0 N–H and O–H groups in total. The summed E-state index contributed by atoms with van der Waals surface area (Å²) < 4.78 is 15.7. The summed E-state index contributed by atoms with van der Waals surface area (Å²) in [7, 11) is 5.03. The lowest BCUT2D eigenvalue weighted by Crippen LogP contribution is -2.28. The number of methoxy groups -OCH3 is 2. The Kier molecular flexibility index (Phi) is 7.35. The highest BCUT2D eigenvalue weighted by Gasteiger charge is 2.13. The molecule has 1 heterocycles. The average Bonchev–Trinajstić information content (AvgIpc) is 3.20. The smallest absolute Gasteiger partial charge is 0.253 e. The number of benzene rings is 2. The van der Waals surface area contributed by atoms with Crippen molar-refractivity contribution in [3.63, 3.8) is 0 Å². The predicted molar refractivity (Wildman–Crippen MR) is 115 cm³/mol. The molecule has 0 bridgehead atoms. The molecule has 7 nitrogen and oxygen atoms in total. The van der Waals surface area contributed by atoms with E-state index in [2.05, 4.69) is 10.1 Å². The van der Waals surface area contributed by atoms with Crippen molar-refractivity contribution in [1.82, 2.24) is 15.0 Å². The van der Waals surface area contributed by atoms with Crippen LogP contribution in [0.2, 0.25) is 0 Å². The molecule has 0 aliphatic rings. The molecule has 0 saturated carbocycles. The molecule has 3 rings (SSSR count). The van der Waals surface area contributed by atoms with Gasteiger partial charge in [-0.3, -0.25) is 4.79 Å². The van der Waals surface area contributed by atoms with E-state index in [9.17, 15) is 4.79 Å². The summed E-state index contributed by atoms with van der Waals surface area (Å²) in [6.45, 7) is 2.39. The number of aryl methyl sites for hydroxylation is 1. The topological polar surface area (TPSA) is 77.7 Å². The number of nitrogens with zero attached hydrogens (tertiary/aromatic N) is 3. The van der Waals surface area contributed by atoms with Crippen LogP contribution in [0.4, 0.5) is 0 Å². The molecule has 0 unspecified atom stereocenters. The van der Waals surface area contributed by atoms with Crippen LogP contribution >= 0.6 is 11.8 Å². The summed E-state index contributed by atoms with van der Waals surface area (Å²) in [6.07, 6.45) is 0.722. The van der Waals surface area contributed by atoms with E-state index in [1.807, 2.05) is 49.5 Å². The Morgan fingerprint density at radius 2 is 1.83 bits per heavy atom. The molecule has 158 valence electrons. The third-order valence-corrected chi connectivity index (χ3v) is 5.56. The Labute approximate surface area is 180 Å². The van der Waals surface area contributed by atoms with E-state index in [1.165, 1.54) is 0 Å². The Morgan fingerprint density at radius 3 is 2.47 bits per heavy atom. The second-order valence-corrected chi connectivity index (χ2v) is 7.76. The maximum absolute atomic E-state index is 12.7. The fraction of sp³-hybridized carbons (Fsp3) is 0.318. The predicted octanol–water partition coefficient (Wildman–Crippen LogP) is 4.00. The summed E-state index contributed by atoms with van der Waals surface area (Å²) >= 11 is 1.59. The number of carbonyl (C=O) groups is 1. The molecule has 0 spiro atoms. The van der Waals surface area contributed by atoms with Gasteiger partial charge in [0.2, 0.25) is 5.89 Å². The van der Waals surface area contributed by atoms with Crippen LogP contribution in [-0.4, -0.2) is 48.8 Å². The highest BCUT2D eigenvalue weighted by Crippen LogP contribution is 2.28. The molecular formula is C22H25N3O4S. The third kappa shape index (κ3) is 5.54. The minimum Gasteiger partial charge on any atom is -0.493 e. The van der Waals surface area contributed by atoms with Crippen LogP contribution in [0.15, 0.2) is 51.9 Å². The Morgan fingerprint density at radius 1 is 1.10 bits per heavy atom. The quantitative estimate of drug-likeness (QED) is 0.478. The molecule has 1 amide bonds. The van der Waals surface area contributed by atoms with Gasteiger partial charge in [-0.2, -0.15) is 4.98 Å². The van der Waals surface area contributed by atoms with Crippen LogP contribution < -0.4 is 9.47 Å². The summed E-state index contributed by atoms with van der Waals surface area (Å²) in [5.41, 5.74) is 1.73. The lowest BCUT2D eigenvalue weighted by Gasteiger charge is -2.18. The Hall–Kier alpha value is -3.00. The number of likely N-dealkylation sites (N-methyl/N-ethyl adjacent to an activating group) is 1. The number of aromatic nitrogens is 2. The zero-order valence-electron chi connectivity index (χ0n) is 17.5. The van der Waals surface area contributed by atoms with E-state index in [-0.39, 0.29) is 5.91 Å². The summed E-state index contributed by atoms with van der Waals surface area (Å²) in [5, 5.41) is 3.78. The number of rotatable bonds is 9. The van der Waals surface area contributed by atoms with Crippen molar-refractivity contribution in [3.05, 3.63) is 65.3 Å². The Bertz CT molecular complexity index is 988. The zero-order chi connectivity index (χ0) is 21.5. The summed E-state index contributed by atoms with van der Waals surface area (Å²) in [4.78, 5) is 19.7. The van der Waals surface area contributed by atoms with Crippen LogP contribution in [0.5, 0.6) is 11.5 Å². The van der Waals surface area contributed by atoms with Gasteiger partial charge in [0.1, 0.15) is 0 Å². The van der Waals surface area contributed by atoms with Gasteiger partial charge in [0.15, 0.2) is 17.3 Å². The fourth-order valence-electron chi connectivity index (χ4n) is 2.89. The van der Waals surface area contributed by atoms with Gasteiger partial charge in [-0.05, 0) is 55.3 Å². The van der Waals surface area contributed by atoms with E-state index < -0.39 is 0 Å². The third-order valence-electron chi connectivity index (χ3n) is 4.56. The van der Waals surface area contributed by atoms with Gasteiger partial charge in [-0.1, -0.05) is 11.2 Å². The molecule has 2 aromatic carbocycles. The minimum absolute atomic E-state index is 0.0143. The molecule has 8 heteroatoms. The van der Waals surface area contributed by atoms with Gasteiger partial charge in [0.25, 0.3) is 5.91 Å². The van der Waals surface area contributed by atoms with Gasteiger partial charge in [0, 0.05) is 24.1 Å². The van der Waals surface area contributed by atoms with Gasteiger partial charge in [0.05, 0.1) is 20.0 Å². The number of thioether (sulfide) groups is 1. The van der Waals surface area contributed by atoms with E-state index in [4.69, 9.17) is 14.0 Å². The minimum atomic E-state index is -0.0143. The number of ether oxygens (including phenoxy) is 2. The first-order chi connectivity index (χ1) is 14.5. The van der Waals surface area contributed by atoms with Crippen LogP contribution in [0.3, 0.4) is 0 Å². The normalized spacial score (nSPS) is 10.7. The first-order valence-electron chi connectivity index (χ1n) is 9.48. The van der Waals surface area contributed by atoms with Crippen molar-refractivity contribution in [2.45, 2.75) is 24.0 Å². The van der Waals surface area contributed by atoms with Gasteiger partial charge in [-0.15, -0.1) is 11.8 Å². The van der Waals surface area contributed by atoms with Gasteiger partial charge < -0.3 is 18.9 Å². The first kappa shape index (κ1) is 21.7. The van der Waals surface area contributed by atoms with Gasteiger partial charge in [-0.25, -0.2) is 0 Å². The molecular weight excluding hydrogens is 402 g/mol. The SMILES string of the molecule is COc1ccc(CCN(C)C(=O)c2ccc(SCc3nc(C)no3)cc2)cc1OC. The highest BCUT2D eigenvalue weighted by molar-refractivity contribution is 7.98. The van der Waals surface area contributed by atoms with Crippen molar-refractivity contribution in [1.29, 1.82) is 0 Å². The van der Waals surface area contributed by atoms with Crippen molar-refractivity contribution in [2.24, 2.45) is 0 Å². The summed E-state index contributed by atoms with van der Waals surface area (Å²) in [5.74, 6) is 3.18. The van der Waals surface area contributed by atoms with Gasteiger partial charge >= 0.3 is 0 Å². The van der Waals surface area contributed by atoms with E-state index >= 15 is 0 Å². The molecule has 0 aliphatic carbocycles. The van der Waals surface area contributed by atoms with Crippen LogP contribution in [0.1, 0.15) is 27.6 Å². The number of amides is 1. The fourth-order valence-corrected chi connectivity index (χ4v) is 3.63. The van der Waals surface area contributed by atoms with Crippen molar-refractivity contribution < 1.29 is 18.8 Å². The maximum atomic E-state index is 12.7. The van der Waals surface area contributed by atoms with Crippen LogP contribution in [0.25, 0.3) is 0 Å². The molecule has 3 aromatic rings. The first-order valence-corrected chi connectivity index (χ1v) is 10.5. The van der Waals surface area contributed by atoms with E-state index in [0.29, 0.717) is 41.1 Å². The second-order valence-electron chi connectivity index (χ2n) is 6.71. The molecule has 0 fully saturated rings. The number of hydrogen-bond donors (Lipinski definition) is 0. The van der Waals surface area contributed by atoms with Crippen molar-refractivity contribution in [2.75, 3.05) is 27.8 Å². The Balaban J connectivity index is 1.54.